The average molecular weight is 349 g/mol. The van der Waals surface area contributed by atoms with Crippen molar-refractivity contribution in [2.45, 2.75) is 6.54 Å². The summed E-state index contributed by atoms with van der Waals surface area (Å²) in [5.41, 5.74) is 1.23. The first-order chi connectivity index (χ1) is 11.6. The summed E-state index contributed by atoms with van der Waals surface area (Å²) < 4.78 is 7.91. The SMILES string of the molecule is CN(C)C[C@@H]1COCCN(Cc2cccn2-c2ccc(Cl)cn2)C1. The molecular weight excluding hydrogens is 324 g/mol. The number of aromatic nitrogens is 2. The minimum atomic E-state index is 0.541. The Morgan fingerprint density at radius 1 is 1.33 bits per heavy atom. The molecule has 3 rings (SSSR count). The molecule has 1 saturated heterocycles. The minimum absolute atomic E-state index is 0.541. The maximum absolute atomic E-state index is 5.95. The van der Waals surface area contributed by atoms with E-state index in [1.165, 1.54) is 5.69 Å². The van der Waals surface area contributed by atoms with Gasteiger partial charge < -0.3 is 14.2 Å². The molecule has 0 aromatic carbocycles. The molecule has 6 heteroatoms. The summed E-state index contributed by atoms with van der Waals surface area (Å²) in [6.07, 6.45) is 3.74. The van der Waals surface area contributed by atoms with E-state index in [-0.39, 0.29) is 0 Å². The van der Waals surface area contributed by atoms with E-state index >= 15 is 0 Å². The molecular formula is C18H25ClN4O. The van der Waals surface area contributed by atoms with Crippen LogP contribution in [0, 0.1) is 5.92 Å². The molecule has 1 aliphatic heterocycles. The van der Waals surface area contributed by atoms with Crippen molar-refractivity contribution in [2.75, 3.05) is 46.9 Å². The van der Waals surface area contributed by atoms with Crippen molar-refractivity contribution in [1.82, 2.24) is 19.4 Å². The number of hydrogen-bond acceptors (Lipinski definition) is 4. The molecule has 0 amide bonds. The highest BCUT2D eigenvalue weighted by Crippen LogP contribution is 2.17. The molecule has 3 heterocycles. The van der Waals surface area contributed by atoms with Gasteiger partial charge in [0.05, 0.1) is 18.2 Å². The van der Waals surface area contributed by atoms with Gasteiger partial charge in [-0.05, 0) is 38.4 Å². The first kappa shape index (κ1) is 17.4. The van der Waals surface area contributed by atoms with Gasteiger partial charge in [0.1, 0.15) is 5.82 Å². The molecule has 0 radical (unpaired) electrons. The molecule has 1 fully saturated rings. The Bertz CT molecular complexity index is 641. The van der Waals surface area contributed by atoms with Crippen LogP contribution in [0.5, 0.6) is 0 Å². The normalized spacial score (nSPS) is 19.6. The van der Waals surface area contributed by atoms with Crippen LogP contribution in [0.1, 0.15) is 5.69 Å². The Hall–Kier alpha value is -1.40. The van der Waals surface area contributed by atoms with Crippen LogP contribution in [0.2, 0.25) is 5.02 Å². The van der Waals surface area contributed by atoms with Gasteiger partial charge in [-0.15, -0.1) is 0 Å². The van der Waals surface area contributed by atoms with Crippen LogP contribution in [-0.2, 0) is 11.3 Å². The smallest absolute Gasteiger partial charge is 0.136 e. The Morgan fingerprint density at radius 2 is 2.21 bits per heavy atom. The molecule has 0 bridgehead atoms. The van der Waals surface area contributed by atoms with E-state index in [9.17, 15) is 0 Å². The van der Waals surface area contributed by atoms with Crippen LogP contribution in [0.3, 0.4) is 0 Å². The summed E-state index contributed by atoms with van der Waals surface area (Å²) in [6.45, 7) is 5.60. The van der Waals surface area contributed by atoms with Crippen molar-refractivity contribution < 1.29 is 4.74 Å². The van der Waals surface area contributed by atoms with Crippen LogP contribution >= 0.6 is 11.6 Å². The zero-order valence-corrected chi connectivity index (χ0v) is 15.1. The van der Waals surface area contributed by atoms with Crippen molar-refractivity contribution >= 4 is 11.6 Å². The van der Waals surface area contributed by atoms with Crippen molar-refractivity contribution in [1.29, 1.82) is 0 Å². The van der Waals surface area contributed by atoms with E-state index in [0.29, 0.717) is 10.9 Å². The van der Waals surface area contributed by atoms with Crippen molar-refractivity contribution in [3.63, 3.8) is 0 Å². The highest BCUT2D eigenvalue weighted by atomic mass is 35.5. The molecule has 0 spiro atoms. The summed E-state index contributed by atoms with van der Waals surface area (Å²) in [4.78, 5) is 9.14. The van der Waals surface area contributed by atoms with E-state index in [2.05, 4.69) is 51.8 Å². The average Bonchev–Trinajstić information content (AvgIpc) is 2.88. The van der Waals surface area contributed by atoms with E-state index in [4.69, 9.17) is 16.3 Å². The Labute approximate surface area is 148 Å². The Balaban J connectivity index is 1.71. The van der Waals surface area contributed by atoms with E-state index in [1.54, 1.807) is 6.20 Å². The summed E-state index contributed by atoms with van der Waals surface area (Å²) in [5.74, 6) is 1.44. The molecule has 0 N–H and O–H groups in total. The zero-order valence-electron chi connectivity index (χ0n) is 14.4. The number of hydrogen-bond donors (Lipinski definition) is 0. The molecule has 2 aromatic heterocycles. The second kappa shape index (κ2) is 8.12. The van der Waals surface area contributed by atoms with Crippen LogP contribution in [0.25, 0.3) is 5.82 Å². The predicted octanol–water partition coefficient (Wildman–Crippen LogP) is 2.54. The summed E-state index contributed by atoms with van der Waals surface area (Å²) >= 11 is 5.95. The molecule has 1 aliphatic rings. The van der Waals surface area contributed by atoms with Gasteiger partial charge in [-0.3, -0.25) is 4.90 Å². The van der Waals surface area contributed by atoms with Crippen LogP contribution in [0.4, 0.5) is 0 Å². The first-order valence-electron chi connectivity index (χ1n) is 8.35. The second-order valence-corrected chi connectivity index (χ2v) is 7.08. The lowest BCUT2D eigenvalue weighted by Crippen LogP contribution is -2.34. The van der Waals surface area contributed by atoms with Crippen LogP contribution < -0.4 is 0 Å². The molecule has 0 unspecified atom stereocenters. The fraction of sp³-hybridized carbons (Fsp3) is 0.500. The van der Waals surface area contributed by atoms with Crippen molar-refractivity contribution in [3.8, 4) is 5.82 Å². The van der Waals surface area contributed by atoms with E-state index in [1.807, 2.05) is 12.1 Å². The highest BCUT2D eigenvalue weighted by molar-refractivity contribution is 6.30. The maximum atomic E-state index is 5.95. The Kier molecular flexibility index (Phi) is 5.89. The molecule has 1 atom stereocenters. The zero-order chi connectivity index (χ0) is 16.9. The van der Waals surface area contributed by atoms with Gasteiger partial charge >= 0.3 is 0 Å². The van der Waals surface area contributed by atoms with Crippen LogP contribution in [0.15, 0.2) is 36.7 Å². The summed E-state index contributed by atoms with van der Waals surface area (Å²) in [7, 11) is 4.24. The standard InChI is InChI=1S/C18H25ClN4O/c1-21(2)11-15-12-22(8-9-24-14-15)13-17-4-3-7-23(17)18-6-5-16(19)10-20-18/h3-7,10,15H,8-9,11-14H2,1-2H3/t15-/m0/s1. The van der Waals surface area contributed by atoms with Gasteiger partial charge in [0.15, 0.2) is 0 Å². The number of halogens is 1. The first-order valence-corrected chi connectivity index (χ1v) is 8.72. The van der Waals surface area contributed by atoms with Gasteiger partial charge in [-0.1, -0.05) is 11.6 Å². The second-order valence-electron chi connectivity index (χ2n) is 6.64. The number of pyridine rings is 1. The summed E-state index contributed by atoms with van der Waals surface area (Å²) in [5, 5.41) is 0.656. The molecule has 130 valence electrons. The lowest BCUT2D eigenvalue weighted by Gasteiger charge is -2.25. The molecule has 24 heavy (non-hydrogen) atoms. The number of nitrogens with zero attached hydrogens (tertiary/aromatic N) is 4. The fourth-order valence-corrected chi connectivity index (χ4v) is 3.34. The van der Waals surface area contributed by atoms with Crippen LogP contribution in [-0.4, -0.2) is 66.3 Å². The molecule has 2 aromatic rings. The maximum Gasteiger partial charge on any atom is 0.136 e. The topological polar surface area (TPSA) is 33.5 Å². The third-order valence-electron chi connectivity index (χ3n) is 4.22. The van der Waals surface area contributed by atoms with Gasteiger partial charge in [-0.2, -0.15) is 0 Å². The largest absolute Gasteiger partial charge is 0.380 e. The van der Waals surface area contributed by atoms with Crippen molar-refractivity contribution in [2.24, 2.45) is 5.92 Å². The number of rotatable bonds is 5. The fourth-order valence-electron chi connectivity index (χ4n) is 3.23. The van der Waals surface area contributed by atoms with Gasteiger partial charge in [-0.25, -0.2) is 4.98 Å². The quantitative estimate of drug-likeness (QED) is 0.831. The predicted molar refractivity (Wildman–Crippen MR) is 96.7 cm³/mol. The van der Waals surface area contributed by atoms with E-state index in [0.717, 1.165) is 45.2 Å². The minimum Gasteiger partial charge on any atom is -0.380 e. The molecule has 0 saturated carbocycles. The van der Waals surface area contributed by atoms with Gasteiger partial charge in [0.25, 0.3) is 0 Å². The third-order valence-corrected chi connectivity index (χ3v) is 4.45. The Morgan fingerprint density at radius 3 is 2.96 bits per heavy atom. The number of ether oxygens (including phenoxy) is 1. The third kappa shape index (κ3) is 4.57. The monoisotopic (exact) mass is 348 g/mol. The van der Waals surface area contributed by atoms with Gasteiger partial charge in [0, 0.05) is 50.2 Å². The molecule has 5 nitrogen and oxygen atoms in total. The van der Waals surface area contributed by atoms with Gasteiger partial charge in [0.2, 0.25) is 0 Å². The summed E-state index contributed by atoms with van der Waals surface area (Å²) in [6, 6.07) is 8.05. The lowest BCUT2D eigenvalue weighted by atomic mass is 10.1. The highest BCUT2D eigenvalue weighted by Gasteiger charge is 2.20. The lowest BCUT2D eigenvalue weighted by molar-refractivity contribution is 0.112. The van der Waals surface area contributed by atoms with Crippen molar-refractivity contribution in [3.05, 3.63) is 47.4 Å². The van der Waals surface area contributed by atoms with E-state index < -0.39 is 0 Å². The molecule has 0 aliphatic carbocycles.